The van der Waals surface area contributed by atoms with Gasteiger partial charge in [0.1, 0.15) is 0 Å². The monoisotopic (exact) mass is 142 g/mol. The van der Waals surface area contributed by atoms with Crippen molar-refractivity contribution in [2.45, 2.75) is 31.8 Å². The Bertz CT molecular complexity index is 99.4. The second-order valence-electron chi connectivity index (χ2n) is 3.30. The molecule has 1 aliphatic carbocycles. The second kappa shape index (κ2) is 3.35. The predicted octanol–water partition coefficient (Wildman–Crippen LogP) is 0.688. The summed E-state index contributed by atoms with van der Waals surface area (Å²) in [6.07, 6.45) is 2.81. The van der Waals surface area contributed by atoms with Crippen LogP contribution in [0.5, 0.6) is 0 Å². The van der Waals surface area contributed by atoms with Gasteiger partial charge in [0.15, 0.2) is 0 Å². The summed E-state index contributed by atoms with van der Waals surface area (Å²) in [5.74, 6) is 0. The molecule has 0 heterocycles. The lowest BCUT2D eigenvalue weighted by Gasteiger charge is -2.23. The van der Waals surface area contributed by atoms with E-state index in [0.717, 1.165) is 12.6 Å². The van der Waals surface area contributed by atoms with Gasteiger partial charge in [0.25, 0.3) is 0 Å². The second-order valence-corrected chi connectivity index (χ2v) is 3.30. The van der Waals surface area contributed by atoms with E-state index in [-0.39, 0.29) is 0 Å². The van der Waals surface area contributed by atoms with Gasteiger partial charge in [-0.05, 0) is 33.9 Å². The highest BCUT2D eigenvalue weighted by atomic mass is 15.2. The lowest BCUT2D eigenvalue weighted by atomic mass is 10.3. The van der Waals surface area contributed by atoms with Crippen molar-refractivity contribution in [2.75, 3.05) is 20.6 Å². The summed E-state index contributed by atoms with van der Waals surface area (Å²) < 4.78 is 0. The quantitative estimate of drug-likeness (QED) is 0.621. The highest BCUT2D eigenvalue weighted by molar-refractivity contribution is 4.85. The summed E-state index contributed by atoms with van der Waals surface area (Å²) in [7, 11) is 4.23. The number of nitrogens with zero attached hydrogens (tertiary/aromatic N) is 1. The molecule has 10 heavy (non-hydrogen) atoms. The van der Waals surface area contributed by atoms with Gasteiger partial charge in [-0.2, -0.15) is 0 Å². The molecule has 0 spiro atoms. The Kier molecular flexibility index (Phi) is 2.69. The molecule has 1 rings (SSSR count). The summed E-state index contributed by atoms with van der Waals surface area (Å²) in [6, 6.07) is 1.58. The van der Waals surface area contributed by atoms with Crippen molar-refractivity contribution in [3.05, 3.63) is 0 Å². The summed E-state index contributed by atoms with van der Waals surface area (Å²) in [6.45, 7) is 3.38. The number of nitrogens with one attached hydrogen (secondary N) is 1. The molecule has 0 aromatic carbocycles. The van der Waals surface area contributed by atoms with E-state index in [9.17, 15) is 0 Å². The third kappa shape index (κ3) is 1.96. The van der Waals surface area contributed by atoms with Crippen molar-refractivity contribution in [1.82, 2.24) is 10.2 Å². The summed E-state index contributed by atoms with van der Waals surface area (Å²) >= 11 is 0. The van der Waals surface area contributed by atoms with E-state index < -0.39 is 0 Å². The fourth-order valence-corrected chi connectivity index (χ4v) is 1.28. The third-order valence-corrected chi connectivity index (χ3v) is 2.32. The summed E-state index contributed by atoms with van der Waals surface area (Å²) in [4.78, 5) is 2.47. The molecule has 0 radical (unpaired) electrons. The van der Waals surface area contributed by atoms with Gasteiger partial charge >= 0.3 is 0 Å². The average molecular weight is 142 g/mol. The Labute approximate surface area is 63.6 Å². The topological polar surface area (TPSA) is 15.3 Å². The van der Waals surface area contributed by atoms with Gasteiger partial charge in [-0.1, -0.05) is 0 Å². The van der Waals surface area contributed by atoms with Gasteiger partial charge in [-0.25, -0.2) is 0 Å². The lowest BCUT2D eigenvalue weighted by molar-refractivity contribution is 0.244. The standard InChI is InChI=1S/C8H18N2/c1-7(6-9-2)10(3)8-4-5-8/h7-9H,4-6H2,1-3H3. The van der Waals surface area contributed by atoms with Gasteiger partial charge < -0.3 is 5.32 Å². The number of hydrogen-bond donors (Lipinski definition) is 1. The summed E-state index contributed by atoms with van der Waals surface area (Å²) in [5.41, 5.74) is 0. The van der Waals surface area contributed by atoms with Crippen LogP contribution in [0.25, 0.3) is 0 Å². The van der Waals surface area contributed by atoms with Crippen molar-refractivity contribution < 1.29 is 0 Å². The molecule has 0 amide bonds. The van der Waals surface area contributed by atoms with Crippen molar-refractivity contribution >= 4 is 0 Å². The van der Waals surface area contributed by atoms with Crippen molar-refractivity contribution in [3.63, 3.8) is 0 Å². The zero-order chi connectivity index (χ0) is 7.56. The Balaban J connectivity index is 2.17. The maximum atomic E-state index is 3.19. The van der Waals surface area contributed by atoms with Crippen LogP contribution in [-0.4, -0.2) is 37.6 Å². The molecular weight excluding hydrogens is 124 g/mol. The number of rotatable bonds is 4. The molecule has 0 aromatic heterocycles. The molecule has 1 fully saturated rings. The zero-order valence-electron chi connectivity index (χ0n) is 7.22. The van der Waals surface area contributed by atoms with Crippen LogP contribution in [0.1, 0.15) is 19.8 Å². The Morgan fingerprint density at radius 2 is 2.20 bits per heavy atom. The van der Waals surface area contributed by atoms with E-state index in [1.807, 2.05) is 7.05 Å². The van der Waals surface area contributed by atoms with Crippen molar-refractivity contribution in [2.24, 2.45) is 0 Å². The van der Waals surface area contributed by atoms with Crippen LogP contribution in [0.15, 0.2) is 0 Å². The first kappa shape index (κ1) is 8.02. The Morgan fingerprint density at radius 1 is 1.60 bits per heavy atom. The molecule has 0 saturated heterocycles. The molecule has 0 aromatic rings. The maximum Gasteiger partial charge on any atom is 0.0192 e. The van der Waals surface area contributed by atoms with E-state index in [2.05, 4.69) is 24.2 Å². The van der Waals surface area contributed by atoms with Crippen LogP contribution in [0.4, 0.5) is 0 Å². The Hall–Kier alpha value is -0.0800. The molecule has 1 atom stereocenters. The minimum Gasteiger partial charge on any atom is -0.318 e. The van der Waals surface area contributed by atoms with Gasteiger partial charge in [0.2, 0.25) is 0 Å². The molecule has 1 aliphatic rings. The smallest absolute Gasteiger partial charge is 0.0192 e. The maximum absolute atomic E-state index is 3.19. The van der Waals surface area contributed by atoms with Crippen LogP contribution in [-0.2, 0) is 0 Å². The summed E-state index contributed by atoms with van der Waals surface area (Å²) in [5, 5.41) is 3.19. The van der Waals surface area contributed by atoms with Gasteiger partial charge in [0, 0.05) is 18.6 Å². The fourth-order valence-electron chi connectivity index (χ4n) is 1.28. The predicted molar refractivity (Wildman–Crippen MR) is 44.2 cm³/mol. The first-order valence-electron chi connectivity index (χ1n) is 4.12. The molecule has 1 N–H and O–H groups in total. The van der Waals surface area contributed by atoms with Crippen LogP contribution in [0.2, 0.25) is 0 Å². The van der Waals surface area contributed by atoms with Gasteiger partial charge in [0.05, 0.1) is 0 Å². The fraction of sp³-hybridized carbons (Fsp3) is 1.00. The molecule has 1 unspecified atom stereocenters. The average Bonchev–Trinajstić information content (AvgIpc) is 2.68. The van der Waals surface area contributed by atoms with E-state index in [1.54, 1.807) is 0 Å². The molecule has 2 heteroatoms. The van der Waals surface area contributed by atoms with Crippen molar-refractivity contribution in [1.29, 1.82) is 0 Å². The first-order valence-corrected chi connectivity index (χ1v) is 4.12. The van der Waals surface area contributed by atoms with E-state index >= 15 is 0 Å². The molecule has 1 saturated carbocycles. The number of hydrogen-bond acceptors (Lipinski definition) is 2. The normalized spacial score (nSPS) is 21.6. The first-order chi connectivity index (χ1) is 4.75. The molecule has 2 nitrogen and oxygen atoms in total. The SMILES string of the molecule is CNCC(C)N(C)C1CC1. The molecule has 60 valence electrons. The zero-order valence-corrected chi connectivity index (χ0v) is 7.22. The van der Waals surface area contributed by atoms with Crippen LogP contribution in [0.3, 0.4) is 0 Å². The van der Waals surface area contributed by atoms with Crippen LogP contribution < -0.4 is 5.32 Å². The minimum atomic E-state index is 0.692. The van der Waals surface area contributed by atoms with Gasteiger partial charge in [-0.15, -0.1) is 0 Å². The number of likely N-dealkylation sites (N-methyl/N-ethyl adjacent to an activating group) is 2. The third-order valence-electron chi connectivity index (χ3n) is 2.32. The largest absolute Gasteiger partial charge is 0.318 e. The van der Waals surface area contributed by atoms with E-state index in [1.165, 1.54) is 12.8 Å². The van der Waals surface area contributed by atoms with Crippen LogP contribution in [0, 0.1) is 0 Å². The van der Waals surface area contributed by atoms with Crippen LogP contribution >= 0.6 is 0 Å². The highest BCUT2D eigenvalue weighted by Gasteiger charge is 2.28. The molecule has 0 aliphatic heterocycles. The Morgan fingerprint density at radius 3 is 2.60 bits per heavy atom. The molecule has 0 bridgehead atoms. The van der Waals surface area contributed by atoms with Gasteiger partial charge in [-0.3, -0.25) is 4.90 Å². The molecular formula is C8H18N2. The highest BCUT2D eigenvalue weighted by Crippen LogP contribution is 2.26. The van der Waals surface area contributed by atoms with Crippen molar-refractivity contribution in [3.8, 4) is 0 Å². The van der Waals surface area contributed by atoms with E-state index in [4.69, 9.17) is 0 Å². The minimum absolute atomic E-state index is 0.692. The lowest BCUT2D eigenvalue weighted by Crippen LogP contribution is -2.37. The van der Waals surface area contributed by atoms with E-state index in [0.29, 0.717) is 6.04 Å².